The minimum atomic E-state index is 0.00167. The summed E-state index contributed by atoms with van der Waals surface area (Å²) in [6.45, 7) is 4.64. The highest BCUT2D eigenvalue weighted by atomic mass is 79.9. The quantitative estimate of drug-likeness (QED) is 0.835. The molecule has 1 aromatic rings. The molecule has 0 radical (unpaired) electrons. The summed E-state index contributed by atoms with van der Waals surface area (Å²) in [6.07, 6.45) is 7.35. The molecule has 2 unspecified atom stereocenters. The Balaban J connectivity index is 2.03. The zero-order valence-corrected chi connectivity index (χ0v) is 13.7. The maximum absolute atomic E-state index is 6.71. The molecule has 1 nitrogen and oxygen atoms in total. The van der Waals surface area contributed by atoms with Gasteiger partial charge in [0, 0.05) is 10.0 Å². The minimum Gasteiger partial charge on any atom is -0.325 e. The van der Waals surface area contributed by atoms with Crippen LogP contribution in [0.3, 0.4) is 0 Å². The van der Waals surface area contributed by atoms with Crippen LogP contribution in [-0.2, 0) is 6.42 Å². The molecule has 1 aromatic carbocycles. The van der Waals surface area contributed by atoms with Gasteiger partial charge in [-0.15, -0.1) is 0 Å². The third-order valence-electron chi connectivity index (χ3n) is 4.29. The lowest BCUT2D eigenvalue weighted by Gasteiger charge is -2.39. The molecule has 0 bridgehead atoms. The van der Waals surface area contributed by atoms with Gasteiger partial charge in [0.25, 0.3) is 0 Å². The number of benzene rings is 1. The summed E-state index contributed by atoms with van der Waals surface area (Å²) in [5, 5.41) is 0. The lowest BCUT2D eigenvalue weighted by atomic mass is 9.71. The van der Waals surface area contributed by atoms with Crippen molar-refractivity contribution >= 4 is 15.9 Å². The van der Waals surface area contributed by atoms with Crippen molar-refractivity contribution in [2.75, 3.05) is 0 Å². The van der Waals surface area contributed by atoms with Crippen molar-refractivity contribution in [2.45, 2.75) is 57.9 Å². The van der Waals surface area contributed by atoms with Gasteiger partial charge in [-0.3, -0.25) is 0 Å². The van der Waals surface area contributed by atoms with Crippen LogP contribution in [0.25, 0.3) is 0 Å². The van der Waals surface area contributed by atoms with E-state index in [4.69, 9.17) is 5.73 Å². The number of rotatable bonds is 4. The minimum absolute atomic E-state index is 0.00167. The molecule has 2 rings (SSSR count). The second-order valence-electron chi connectivity index (χ2n) is 6.72. The summed E-state index contributed by atoms with van der Waals surface area (Å²) in [4.78, 5) is 0. The summed E-state index contributed by atoms with van der Waals surface area (Å²) < 4.78 is 1.20. The summed E-state index contributed by atoms with van der Waals surface area (Å²) in [5.74, 6) is 1.61. The SMILES string of the molecule is CC(C)CC1CCCC(N)(Cc2ccccc2Br)C1. The molecule has 1 aliphatic carbocycles. The first-order valence-corrected chi connectivity index (χ1v) is 8.30. The predicted octanol–water partition coefficient (Wildman–Crippen LogP) is 4.93. The maximum atomic E-state index is 6.71. The average Bonchev–Trinajstić information content (AvgIpc) is 2.31. The predicted molar refractivity (Wildman–Crippen MR) is 86.2 cm³/mol. The highest BCUT2D eigenvalue weighted by molar-refractivity contribution is 9.10. The summed E-state index contributed by atoms with van der Waals surface area (Å²) in [6, 6.07) is 8.50. The lowest BCUT2D eigenvalue weighted by molar-refractivity contribution is 0.200. The number of hydrogen-bond donors (Lipinski definition) is 1. The van der Waals surface area contributed by atoms with Crippen molar-refractivity contribution in [2.24, 2.45) is 17.6 Å². The van der Waals surface area contributed by atoms with E-state index < -0.39 is 0 Å². The third kappa shape index (κ3) is 4.32. The van der Waals surface area contributed by atoms with E-state index in [9.17, 15) is 0 Å². The van der Waals surface area contributed by atoms with Crippen molar-refractivity contribution in [3.05, 3.63) is 34.3 Å². The molecule has 1 fully saturated rings. The molecule has 0 saturated heterocycles. The smallest absolute Gasteiger partial charge is 0.0207 e. The molecule has 2 N–H and O–H groups in total. The van der Waals surface area contributed by atoms with Crippen LogP contribution in [0.15, 0.2) is 28.7 Å². The van der Waals surface area contributed by atoms with E-state index in [1.807, 2.05) is 0 Å². The van der Waals surface area contributed by atoms with Crippen molar-refractivity contribution in [3.63, 3.8) is 0 Å². The van der Waals surface area contributed by atoms with Gasteiger partial charge in [-0.2, -0.15) is 0 Å². The molecule has 106 valence electrons. The Hall–Kier alpha value is -0.340. The highest BCUT2D eigenvalue weighted by Crippen LogP contribution is 2.37. The molecule has 0 aliphatic heterocycles. The highest BCUT2D eigenvalue weighted by Gasteiger charge is 2.33. The fourth-order valence-electron chi connectivity index (χ4n) is 3.57. The Kier molecular flexibility index (Phi) is 5.08. The van der Waals surface area contributed by atoms with Gasteiger partial charge in [0.2, 0.25) is 0 Å². The van der Waals surface area contributed by atoms with Crippen molar-refractivity contribution < 1.29 is 0 Å². The number of halogens is 1. The van der Waals surface area contributed by atoms with Gasteiger partial charge in [0.05, 0.1) is 0 Å². The van der Waals surface area contributed by atoms with Gasteiger partial charge in [-0.05, 0) is 49.1 Å². The van der Waals surface area contributed by atoms with Crippen LogP contribution in [-0.4, -0.2) is 5.54 Å². The zero-order valence-electron chi connectivity index (χ0n) is 12.2. The van der Waals surface area contributed by atoms with Crippen LogP contribution in [0.5, 0.6) is 0 Å². The van der Waals surface area contributed by atoms with Gasteiger partial charge >= 0.3 is 0 Å². The van der Waals surface area contributed by atoms with Gasteiger partial charge in [-0.25, -0.2) is 0 Å². The van der Waals surface area contributed by atoms with Crippen LogP contribution in [0.4, 0.5) is 0 Å². The van der Waals surface area contributed by atoms with Crippen LogP contribution >= 0.6 is 15.9 Å². The van der Waals surface area contributed by atoms with Gasteiger partial charge < -0.3 is 5.73 Å². The van der Waals surface area contributed by atoms with Crippen LogP contribution in [0, 0.1) is 11.8 Å². The van der Waals surface area contributed by atoms with Gasteiger partial charge in [-0.1, -0.05) is 60.8 Å². The van der Waals surface area contributed by atoms with Gasteiger partial charge in [0.15, 0.2) is 0 Å². The first kappa shape index (κ1) is 15.1. The van der Waals surface area contributed by atoms with Crippen molar-refractivity contribution in [1.29, 1.82) is 0 Å². The monoisotopic (exact) mass is 323 g/mol. The number of nitrogens with two attached hydrogens (primary N) is 1. The maximum Gasteiger partial charge on any atom is 0.0207 e. The third-order valence-corrected chi connectivity index (χ3v) is 5.06. The second-order valence-corrected chi connectivity index (χ2v) is 7.58. The Morgan fingerprint density at radius 2 is 2.11 bits per heavy atom. The van der Waals surface area contributed by atoms with E-state index in [1.54, 1.807) is 0 Å². The number of hydrogen-bond acceptors (Lipinski definition) is 1. The topological polar surface area (TPSA) is 26.0 Å². The van der Waals surface area contributed by atoms with E-state index in [0.29, 0.717) is 0 Å². The molecule has 0 aromatic heterocycles. The Morgan fingerprint density at radius 3 is 2.79 bits per heavy atom. The first-order valence-electron chi connectivity index (χ1n) is 7.51. The molecular formula is C17H26BrN. The van der Waals surface area contributed by atoms with Crippen LogP contribution in [0.1, 0.15) is 51.5 Å². The standard InChI is InChI=1S/C17H26BrN/c1-13(2)10-14-6-5-9-17(19,11-14)12-15-7-3-4-8-16(15)18/h3-4,7-8,13-14H,5-6,9-12,19H2,1-2H3. The normalized spacial score (nSPS) is 27.7. The average molecular weight is 324 g/mol. The van der Waals surface area contributed by atoms with Crippen molar-refractivity contribution in [1.82, 2.24) is 0 Å². The largest absolute Gasteiger partial charge is 0.325 e. The molecule has 0 amide bonds. The first-order chi connectivity index (χ1) is 8.98. The van der Waals surface area contributed by atoms with Crippen LogP contribution in [0.2, 0.25) is 0 Å². The van der Waals surface area contributed by atoms with E-state index in [2.05, 4.69) is 54.0 Å². The molecule has 1 saturated carbocycles. The van der Waals surface area contributed by atoms with Gasteiger partial charge in [0.1, 0.15) is 0 Å². The van der Waals surface area contributed by atoms with E-state index in [1.165, 1.54) is 42.1 Å². The Labute approximate surface area is 126 Å². The van der Waals surface area contributed by atoms with E-state index >= 15 is 0 Å². The summed E-state index contributed by atoms with van der Waals surface area (Å²) in [5.41, 5.74) is 8.06. The summed E-state index contributed by atoms with van der Waals surface area (Å²) >= 11 is 3.65. The molecular weight excluding hydrogens is 298 g/mol. The summed E-state index contributed by atoms with van der Waals surface area (Å²) in [7, 11) is 0. The fourth-order valence-corrected chi connectivity index (χ4v) is 4.00. The lowest BCUT2D eigenvalue weighted by Crippen LogP contribution is -2.46. The van der Waals surface area contributed by atoms with E-state index in [0.717, 1.165) is 18.3 Å². The molecule has 19 heavy (non-hydrogen) atoms. The molecule has 2 atom stereocenters. The second kappa shape index (κ2) is 6.41. The molecule has 0 heterocycles. The molecule has 2 heteroatoms. The molecule has 0 spiro atoms. The van der Waals surface area contributed by atoms with Crippen molar-refractivity contribution in [3.8, 4) is 0 Å². The molecule has 1 aliphatic rings. The Morgan fingerprint density at radius 1 is 1.37 bits per heavy atom. The fraction of sp³-hybridized carbons (Fsp3) is 0.647. The Bertz CT molecular complexity index is 415. The zero-order chi connectivity index (χ0) is 13.9. The van der Waals surface area contributed by atoms with Crippen LogP contribution < -0.4 is 5.73 Å². The van der Waals surface area contributed by atoms with E-state index in [-0.39, 0.29) is 5.54 Å².